The first-order valence-electron chi connectivity index (χ1n) is 14.1. The van der Waals surface area contributed by atoms with Gasteiger partial charge >= 0.3 is 0 Å². The minimum atomic E-state index is 0.493. The summed E-state index contributed by atoms with van der Waals surface area (Å²) in [6.07, 6.45) is 0. The van der Waals surface area contributed by atoms with Gasteiger partial charge in [-0.05, 0) is 88.9 Å². The first-order chi connectivity index (χ1) is 19.5. The first-order valence-corrected chi connectivity index (χ1v) is 15.1. The van der Waals surface area contributed by atoms with Crippen molar-refractivity contribution < 1.29 is 0 Å². The van der Waals surface area contributed by atoms with Crippen molar-refractivity contribution in [3.05, 3.63) is 149 Å². The Kier molecular flexibility index (Phi) is 7.24. The molecule has 1 unspecified atom stereocenters. The first kappa shape index (κ1) is 26.0. The molecule has 0 saturated heterocycles. The summed E-state index contributed by atoms with van der Waals surface area (Å²) in [6, 6.07) is 46.4. The lowest BCUT2D eigenvalue weighted by Gasteiger charge is -2.19. The van der Waals surface area contributed by atoms with Crippen LogP contribution in [-0.4, -0.2) is 9.52 Å². The lowest BCUT2D eigenvalue weighted by Crippen LogP contribution is -2.23. The van der Waals surface area contributed by atoms with Crippen molar-refractivity contribution >= 4 is 14.7 Å². The Balaban J connectivity index is 1.53. The standard InChI is InChI=1S/C39H34Si/c1-26-27(2)29(4)39(28(26)3)40-37-23-13-22-36(34-20-11-18-32(24-34)30-14-7-5-8-15-30)38(37)35-21-12-19-33(25-35)31-16-9-6-10-17-31/h5-25,28H,1-4H3. The van der Waals surface area contributed by atoms with Gasteiger partial charge in [-0.1, -0.05) is 144 Å². The molecule has 0 spiro atoms. The number of hydrogen-bond donors (Lipinski definition) is 0. The highest BCUT2D eigenvalue weighted by Crippen LogP contribution is 2.38. The van der Waals surface area contributed by atoms with Crippen LogP contribution in [0.2, 0.25) is 0 Å². The third-order valence-corrected chi connectivity index (χ3v) is 10.3. The van der Waals surface area contributed by atoms with E-state index in [0.717, 1.165) is 0 Å². The highest BCUT2D eigenvalue weighted by Gasteiger charge is 2.25. The van der Waals surface area contributed by atoms with Gasteiger partial charge in [0, 0.05) is 0 Å². The van der Waals surface area contributed by atoms with Crippen molar-refractivity contribution in [3.63, 3.8) is 0 Å². The van der Waals surface area contributed by atoms with Crippen LogP contribution >= 0.6 is 0 Å². The van der Waals surface area contributed by atoms with Gasteiger partial charge in [-0.15, -0.1) is 0 Å². The maximum atomic E-state index is 2.38. The van der Waals surface area contributed by atoms with Gasteiger partial charge in [-0.25, -0.2) is 0 Å². The minimum absolute atomic E-state index is 0.493. The SMILES string of the molecule is CC1=C(C)C(C)C([Si]c2cccc(-c3cccc(-c4ccccc4)c3)c2-c2cccc(-c3ccccc3)c2)=C1C. The van der Waals surface area contributed by atoms with E-state index in [1.807, 2.05) is 0 Å². The molecular weight excluding hydrogens is 497 g/mol. The summed E-state index contributed by atoms with van der Waals surface area (Å²) in [5.41, 5.74) is 14.6. The van der Waals surface area contributed by atoms with E-state index in [1.165, 1.54) is 66.4 Å². The van der Waals surface area contributed by atoms with E-state index >= 15 is 0 Å². The van der Waals surface area contributed by atoms with Gasteiger partial charge in [-0.3, -0.25) is 0 Å². The lowest BCUT2D eigenvalue weighted by atomic mass is 9.91. The minimum Gasteiger partial charge on any atom is -0.0695 e. The van der Waals surface area contributed by atoms with Gasteiger partial charge in [0.2, 0.25) is 0 Å². The zero-order valence-corrected chi connectivity index (χ0v) is 24.7. The Hall–Kier alpha value is -4.20. The molecule has 1 atom stereocenters. The molecule has 0 amide bonds. The van der Waals surface area contributed by atoms with Crippen LogP contribution in [-0.2, 0) is 0 Å². The summed E-state index contributed by atoms with van der Waals surface area (Å²) in [7, 11) is 0.628. The molecule has 194 valence electrons. The van der Waals surface area contributed by atoms with E-state index in [-0.39, 0.29) is 0 Å². The van der Waals surface area contributed by atoms with E-state index in [4.69, 9.17) is 0 Å². The predicted octanol–water partition coefficient (Wildman–Crippen LogP) is 9.94. The number of benzene rings is 5. The molecule has 0 fully saturated rings. The van der Waals surface area contributed by atoms with Crippen LogP contribution < -0.4 is 5.19 Å². The zero-order chi connectivity index (χ0) is 27.6. The fraction of sp³-hybridized carbons (Fsp3) is 0.128. The second kappa shape index (κ2) is 11.1. The number of rotatable bonds is 6. The molecule has 0 aliphatic heterocycles. The summed E-state index contributed by atoms with van der Waals surface area (Å²) in [4.78, 5) is 0. The van der Waals surface area contributed by atoms with Gasteiger partial charge < -0.3 is 0 Å². The number of allylic oxidation sites excluding steroid dienone is 4. The van der Waals surface area contributed by atoms with E-state index in [0.29, 0.717) is 15.4 Å². The fourth-order valence-electron chi connectivity index (χ4n) is 5.90. The summed E-state index contributed by atoms with van der Waals surface area (Å²) in [5, 5.41) is 2.99. The molecular formula is C39H34Si. The molecule has 0 N–H and O–H groups in total. The molecule has 40 heavy (non-hydrogen) atoms. The fourth-order valence-corrected chi connectivity index (χ4v) is 7.58. The Morgan fingerprint density at radius 1 is 0.475 bits per heavy atom. The molecule has 0 saturated carbocycles. The Morgan fingerprint density at radius 3 is 1.55 bits per heavy atom. The normalized spacial score (nSPS) is 15.2. The Labute approximate surface area is 241 Å². The average molecular weight is 531 g/mol. The second-order valence-electron chi connectivity index (χ2n) is 10.8. The molecule has 0 aromatic heterocycles. The average Bonchev–Trinajstić information content (AvgIpc) is 3.20. The smallest absolute Gasteiger partial charge is 0.0695 e. The van der Waals surface area contributed by atoms with Crippen molar-refractivity contribution in [2.45, 2.75) is 27.7 Å². The molecule has 5 aromatic carbocycles. The zero-order valence-electron chi connectivity index (χ0n) is 23.7. The van der Waals surface area contributed by atoms with Gasteiger partial charge in [0.05, 0.1) is 0 Å². The molecule has 0 bridgehead atoms. The molecule has 2 radical (unpaired) electrons. The van der Waals surface area contributed by atoms with Gasteiger partial charge in [0.1, 0.15) is 9.52 Å². The number of hydrogen-bond acceptors (Lipinski definition) is 0. The third kappa shape index (κ3) is 4.94. The summed E-state index contributed by atoms with van der Waals surface area (Å²) in [6.45, 7) is 9.28. The van der Waals surface area contributed by atoms with Crippen molar-refractivity contribution in [2.75, 3.05) is 0 Å². The van der Waals surface area contributed by atoms with Crippen molar-refractivity contribution in [3.8, 4) is 44.5 Å². The monoisotopic (exact) mass is 530 g/mol. The topological polar surface area (TPSA) is 0 Å². The lowest BCUT2D eigenvalue weighted by molar-refractivity contribution is 0.856. The van der Waals surface area contributed by atoms with Gasteiger partial charge in [0.15, 0.2) is 0 Å². The maximum absolute atomic E-state index is 2.38. The van der Waals surface area contributed by atoms with E-state index < -0.39 is 0 Å². The van der Waals surface area contributed by atoms with E-state index in [9.17, 15) is 0 Å². The van der Waals surface area contributed by atoms with Crippen LogP contribution in [0.3, 0.4) is 0 Å². The molecule has 0 nitrogen and oxygen atoms in total. The quantitative estimate of drug-likeness (QED) is 0.192. The predicted molar refractivity (Wildman–Crippen MR) is 174 cm³/mol. The summed E-state index contributed by atoms with van der Waals surface area (Å²) in [5.74, 6) is 0.493. The summed E-state index contributed by atoms with van der Waals surface area (Å²) >= 11 is 0. The van der Waals surface area contributed by atoms with Crippen LogP contribution in [0.25, 0.3) is 44.5 Å². The van der Waals surface area contributed by atoms with E-state index in [1.54, 1.807) is 5.20 Å². The van der Waals surface area contributed by atoms with Crippen molar-refractivity contribution in [1.82, 2.24) is 0 Å². The Morgan fingerprint density at radius 2 is 0.975 bits per heavy atom. The van der Waals surface area contributed by atoms with Crippen LogP contribution in [0.4, 0.5) is 0 Å². The highest BCUT2D eigenvalue weighted by molar-refractivity contribution is 6.63. The molecule has 0 heterocycles. The van der Waals surface area contributed by atoms with Crippen molar-refractivity contribution in [1.29, 1.82) is 0 Å². The van der Waals surface area contributed by atoms with Crippen LogP contribution in [0.1, 0.15) is 27.7 Å². The van der Waals surface area contributed by atoms with Crippen LogP contribution in [0, 0.1) is 5.92 Å². The highest BCUT2D eigenvalue weighted by atomic mass is 28.2. The molecule has 6 rings (SSSR count). The molecule has 1 aliphatic carbocycles. The Bertz CT molecular complexity index is 1740. The molecule has 5 aromatic rings. The molecule has 1 aliphatic rings. The largest absolute Gasteiger partial charge is 0.117 e. The second-order valence-corrected chi connectivity index (χ2v) is 12.1. The molecule has 1 heteroatoms. The summed E-state index contributed by atoms with van der Waals surface area (Å²) < 4.78 is 0. The third-order valence-electron chi connectivity index (χ3n) is 8.51. The van der Waals surface area contributed by atoms with Crippen LogP contribution in [0.15, 0.2) is 149 Å². The van der Waals surface area contributed by atoms with Gasteiger partial charge in [0.25, 0.3) is 0 Å². The van der Waals surface area contributed by atoms with Gasteiger partial charge in [-0.2, -0.15) is 0 Å². The van der Waals surface area contributed by atoms with E-state index in [2.05, 4.69) is 155 Å². The van der Waals surface area contributed by atoms with Crippen molar-refractivity contribution in [2.24, 2.45) is 5.92 Å². The van der Waals surface area contributed by atoms with Crippen LogP contribution in [0.5, 0.6) is 0 Å². The maximum Gasteiger partial charge on any atom is 0.117 e.